The molecule has 1 unspecified atom stereocenters. The minimum absolute atomic E-state index is 0.0562. The SMILES string of the molecule is CC1(C)CC(=O)c2cc(C(=O)Nc3ccc(OCC4CCCO4)cc3)c(=O)[nH]c2C1. The molecule has 0 radical (unpaired) electrons. The van der Waals surface area contributed by atoms with Crippen LogP contribution in [0.1, 0.15) is 59.5 Å². The third-order valence-corrected chi connectivity index (χ3v) is 5.53. The van der Waals surface area contributed by atoms with Crippen LogP contribution in [0.3, 0.4) is 0 Å². The Labute approximate surface area is 174 Å². The summed E-state index contributed by atoms with van der Waals surface area (Å²) in [7, 11) is 0. The summed E-state index contributed by atoms with van der Waals surface area (Å²) >= 11 is 0. The van der Waals surface area contributed by atoms with Gasteiger partial charge in [0.15, 0.2) is 5.78 Å². The highest BCUT2D eigenvalue weighted by Gasteiger charge is 2.32. The van der Waals surface area contributed by atoms with E-state index < -0.39 is 11.5 Å². The van der Waals surface area contributed by atoms with Gasteiger partial charge in [-0.1, -0.05) is 13.8 Å². The van der Waals surface area contributed by atoms with E-state index >= 15 is 0 Å². The number of H-pyrrole nitrogens is 1. The van der Waals surface area contributed by atoms with Crippen LogP contribution in [0.2, 0.25) is 0 Å². The molecule has 1 aliphatic heterocycles. The Morgan fingerprint density at radius 1 is 1.23 bits per heavy atom. The van der Waals surface area contributed by atoms with E-state index in [-0.39, 0.29) is 22.9 Å². The molecule has 0 spiro atoms. The number of carbonyl (C=O) groups is 2. The van der Waals surface area contributed by atoms with E-state index in [0.29, 0.717) is 42.1 Å². The van der Waals surface area contributed by atoms with Gasteiger partial charge in [0.1, 0.15) is 17.9 Å². The van der Waals surface area contributed by atoms with Crippen LogP contribution < -0.4 is 15.6 Å². The van der Waals surface area contributed by atoms with Gasteiger partial charge in [0.05, 0.1) is 6.10 Å². The van der Waals surface area contributed by atoms with Crippen molar-refractivity contribution in [3.8, 4) is 5.75 Å². The fourth-order valence-corrected chi connectivity index (χ4v) is 3.99. The van der Waals surface area contributed by atoms with E-state index in [4.69, 9.17) is 9.47 Å². The normalized spacial score (nSPS) is 19.9. The fraction of sp³-hybridized carbons (Fsp3) is 0.435. The number of pyridine rings is 1. The number of nitrogens with one attached hydrogen (secondary N) is 2. The molecule has 2 aliphatic rings. The first kappa shape index (κ1) is 20.3. The van der Waals surface area contributed by atoms with Crippen molar-refractivity contribution in [1.82, 2.24) is 4.98 Å². The Bertz CT molecular complexity index is 1020. The Morgan fingerprint density at radius 2 is 2.00 bits per heavy atom. The first-order valence-corrected chi connectivity index (χ1v) is 10.3. The zero-order valence-electron chi connectivity index (χ0n) is 17.2. The molecule has 1 aliphatic carbocycles. The molecule has 7 heteroatoms. The average Bonchev–Trinajstić information content (AvgIpc) is 3.19. The summed E-state index contributed by atoms with van der Waals surface area (Å²) in [5, 5.41) is 2.71. The molecule has 0 bridgehead atoms. The van der Waals surface area contributed by atoms with Crippen molar-refractivity contribution >= 4 is 17.4 Å². The van der Waals surface area contributed by atoms with Gasteiger partial charge in [0, 0.05) is 30.0 Å². The van der Waals surface area contributed by atoms with Crippen molar-refractivity contribution in [1.29, 1.82) is 0 Å². The van der Waals surface area contributed by atoms with Gasteiger partial charge in [0.25, 0.3) is 11.5 Å². The Balaban J connectivity index is 1.44. The second-order valence-electron chi connectivity index (χ2n) is 8.77. The number of hydrogen-bond donors (Lipinski definition) is 2. The van der Waals surface area contributed by atoms with Crippen LogP contribution >= 0.6 is 0 Å². The van der Waals surface area contributed by atoms with E-state index in [2.05, 4.69) is 10.3 Å². The molecule has 2 heterocycles. The van der Waals surface area contributed by atoms with Crippen molar-refractivity contribution in [3.05, 3.63) is 57.5 Å². The zero-order valence-corrected chi connectivity index (χ0v) is 17.2. The van der Waals surface area contributed by atoms with Crippen molar-refractivity contribution in [3.63, 3.8) is 0 Å². The number of fused-ring (bicyclic) bond motifs is 1. The monoisotopic (exact) mass is 410 g/mol. The lowest BCUT2D eigenvalue weighted by Gasteiger charge is -2.29. The zero-order chi connectivity index (χ0) is 21.3. The van der Waals surface area contributed by atoms with Gasteiger partial charge in [-0.3, -0.25) is 14.4 Å². The largest absolute Gasteiger partial charge is 0.491 e. The fourth-order valence-electron chi connectivity index (χ4n) is 3.99. The molecule has 1 saturated heterocycles. The van der Waals surface area contributed by atoms with Crippen molar-refractivity contribution < 1.29 is 19.1 Å². The topological polar surface area (TPSA) is 97.5 Å². The highest BCUT2D eigenvalue weighted by Crippen LogP contribution is 2.33. The predicted octanol–water partition coefficient (Wildman–Crippen LogP) is 3.34. The molecule has 0 saturated carbocycles. The number of aromatic amines is 1. The number of rotatable bonds is 5. The Kier molecular flexibility index (Phi) is 5.47. The van der Waals surface area contributed by atoms with Gasteiger partial charge in [0.2, 0.25) is 0 Å². The first-order valence-electron chi connectivity index (χ1n) is 10.3. The highest BCUT2D eigenvalue weighted by atomic mass is 16.5. The molecule has 1 atom stereocenters. The van der Waals surface area contributed by atoms with E-state index in [1.54, 1.807) is 24.3 Å². The van der Waals surface area contributed by atoms with E-state index in [9.17, 15) is 14.4 Å². The van der Waals surface area contributed by atoms with E-state index in [1.165, 1.54) is 6.07 Å². The number of amides is 1. The molecular weight excluding hydrogens is 384 g/mol. The van der Waals surface area contributed by atoms with Gasteiger partial charge >= 0.3 is 0 Å². The third-order valence-electron chi connectivity index (χ3n) is 5.53. The van der Waals surface area contributed by atoms with Crippen LogP contribution in [0.25, 0.3) is 0 Å². The van der Waals surface area contributed by atoms with Crippen LogP contribution in [0.4, 0.5) is 5.69 Å². The summed E-state index contributed by atoms with van der Waals surface area (Å²) in [5.74, 6) is 0.0762. The number of hydrogen-bond acceptors (Lipinski definition) is 5. The van der Waals surface area contributed by atoms with Crippen LogP contribution in [-0.2, 0) is 11.2 Å². The molecule has 1 aromatic carbocycles. The standard InChI is InChI=1S/C23H26N2O5/c1-23(2)11-19-17(20(26)12-23)10-18(22(28)25-19)21(27)24-14-5-7-15(8-6-14)30-13-16-4-3-9-29-16/h5-8,10,16H,3-4,9,11-13H2,1-2H3,(H,24,27)(H,25,28). The average molecular weight is 410 g/mol. The lowest BCUT2D eigenvalue weighted by molar-refractivity contribution is 0.0679. The maximum atomic E-state index is 12.6. The number of anilines is 1. The lowest BCUT2D eigenvalue weighted by Crippen LogP contribution is -2.32. The molecular formula is C23H26N2O5. The summed E-state index contributed by atoms with van der Waals surface area (Å²) in [4.78, 5) is 40.3. The Morgan fingerprint density at radius 3 is 2.70 bits per heavy atom. The molecule has 2 N–H and O–H groups in total. The molecule has 2 aromatic rings. The van der Waals surface area contributed by atoms with E-state index in [1.807, 2.05) is 13.8 Å². The van der Waals surface area contributed by atoms with Gasteiger partial charge < -0.3 is 19.8 Å². The summed E-state index contributed by atoms with van der Waals surface area (Å²) in [5.41, 5.74) is 0.801. The molecule has 30 heavy (non-hydrogen) atoms. The molecule has 1 amide bonds. The maximum Gasteiger partial charge on any atom is 0.261 e. The predicted molar refractivity (Wildman–Crippen MR) is 112 cm³/mol. The van der Waals surface area contributed by atoms with Gasteiger partial charge in [-0.15, -0.1) is 0 Å². The Hall–Kier alpha value is -2.93. The number of aromatic nitrogens is 1. The second kappa shape index (κ2) is 8.07. The van der Waals surface area contributed by atoms with Gasteiger partial charge in [-0.05, 0) is 55.0 Å². The van der Waals surface area contributed by atoms with Crippen molar-refractivity contribution in [2.24, 2.45) is 5.41 Å². The minimum Gasteiger partial charge on any atom is -0.491 e. The number of ketones is 1. The van der Waals surface area contributed by atoms with Crippen LogP contribution in [0.15, 0.2) is 35.1 Å². The third kappa shape index (κ3) is 4.46. The number of carbonyl (C=O) groups excluding carboxylic acids is 2. The number of Topliss-reactive ketones (excluding diaryl/α,β-unsaturated/α-hetero) is 1. The summed E-state index contributed by atoms with van der Waals surface area (Å²) in [6, 6.07) is 8.35. The number of ether oxygens (including phenoxy) is 2. The molecule has 1 fully saturated rings. The van der Waals surface area contributed by atoms with Crippen LogP contribution in [0, 0.1) is 5.41 Å². The molecule has 158 valence electrons. The van der Waals surface area contributed by atoms with Gasteiger partial charge in [-0.2, -0.15) is 0 Å². The second-order valence-corrected chi connectivity index (χ2v) is 8.77. The summed E-state index contributed by atoms with van der Waals surface area (Å²) in [6.07, 6.45) is 3.18. The first-order chi connectivity index (χ1) is 14.3. The summed E-state index contributed by atoms with van der Waals surface area (Å²) < 4.78 is 11.2. The van der Waals surface area contributed by atoms with Crippen molar-refractivity contribution in [2.45, 2.75) is 45.6 Å². The quantitative estimate of drug-likeness (QED) is 0.788. The maximum absolute atomic E-state index is 12.6. The molecule has 1 aromatic heterocycles. The lowest BCUT2D eigenvalue weighted by atomic mass is 9.75. The van der Waals surface area contributed by atoms with Crippen LogP contribution in [-0.4, -0.2) is 36.0 Å². The highest BCUT2D eigenvalue weighted by molar-refractivity contribution is 6.06. The van der Waals surface area contributed by atoms with Gasteiger partial charge in [-0.25, -0.2) is 0 Å². The number of benzene rings is 1. The molecule has 4 rings (SSSR count). The van der Waals surface area contributed by atoms with E-state index in [0.717, 1.165) is 19.4 Å². The smallest absolute Gasteiger partial charge is 0.261 e. The summed E-state index contributed by atoms with van der Waals surface area (Å²) in [6.45, 7) is 5.26. The minimum atomic E-state index is -0.551. The van der Waals surface area contributed by atoms with Crippen LogP contribution in [0.5, 0.6) is 5.75 Å². The van der Waals surface area contributed by atoms with Crippen molar-refractivity contribution in [2.75, 3.05) is 18.5 Å². The molecule has 7 nitrogen and oxygen atoms in total.